The summed E-state index contributed by atoms with van der Waals surface area (Å²) in [6.45, 7) is 2.39. The number of halogens is 1. The molecule has 2 rings (SSSR count). The van der Waals surface area contributed by atoms with Gasteiger partial charge >= 0.3 is 0 Å². The van der Waals surface area contributed by atoms with Crippen LogP contribution in [-0.2, 0) is 0 Å². The summed E-state index contributed by atoms with van der Waals surface area (Å²) < 4.78 is 18.4. The zero-order valence-corrected chi connectivity index (χ0v) is 10.9. The Hall–Kier alpha value is -2.63. The Morgan fingerprint density at radius 1 is 1.45 bits per heavy atom. The van der Waals surface area contributed by atoms with Crippen LogP contribution in [0.1, 0.15) is 17.3 Å². The summed E-state index contributed by atoms with van der Waals surface area (Å²) in [4.78, 5) is 15.6. The van der Waals surface area contributed by atoms with Crippen LogP contribution in [0.2, 0.25) is 0 Å². The van der Waals surface area contributed by atoms with Gasteiger partial charge in [-0.05, 0) is 25.1 Å². The lowest BCUT2D eigenvalue weighted by Gasteiger charge is -2.09. The number of anilines is 2. The first-order chi connectivity index (χ1) is 9.60. The first-order valence-electron chi connectivity index (χ1n) is 6.05. The fourth-order valence-corrected chi connectivity index (χ4v) is 1.66. The number of nitrogens with two attached hydrogens (primary N) is 1. The van der Waals surface area contributed by atoms with Gasteiger partial charge in [-0.25, -0.2) is 9.37 Å². The summed E-state index contributed by atoms with van der Waals surface area (Å²) in [5.41, 5.74) is 6.08. The molecule has 104 valence electrons. The molecule has 0 atom stereocenters. The number of carbonyl (C=O) groups is 1. The Labute approximate surface area is 115 Å². The number of rotatable bonds is 4. The Balaban J connectivity index is 2.19. The maximum absolute atomic E-state index is 13.1. The Morgan fingerprint density at radius 2 is 2.25 bits per heavy atom. The van der Waals surface area contributed by atoms with E-state index in [-0.39, 0.29) is 11.4 Å². The molecule has 5 nitrogen and oxygen atoms in total. The first kappa shape index (κ1) is 13.8. The molecule has 0 bridgehead atoms. The molecule has 1 heterocycles. The average Bonchev–Trinajstić information content (AvgIpc) is 2.42. The number of nitrogens with one attached hydrogen (secondary N) is 1. The number of pyridine rings is 1. The lowest BCUT2D eigenvalue weighted by molar-refractivity contribution is 0.102. The fourth-order valence-electron chi connectivity index (χ4n) is 1.66. The molecular weight excluding hydrogens is 261 g/mol. The first-order valence-corrected chi connectivity index (χ1v) is 6.05. The number of benzene rings is 1. The zero-order valence-electron chi connectivity index (χ0n) is 10.9. The summed E-state index contributed by atoms with van der Waals surface area (Å²) in [7, 11) is 0. The van der Waals surface area contributed by atoms with Gasteiger partial charge in [-0.2, -0.15) is 0 Å². The highest BCUT2D eigenvalue weighted by Crippen LogP contribution is 2.19. The highest BCUT2D eigenvalue weighted by atomic mass is 19.1. The number of nitrogens with zero attached hydrogens (tertiary/aromatic N) is 1. The fraction of sp³-hybridized carbons (Fsp3) is 0.143. The molecule has 1 aromatic heterocycles. The third-order valence-electron chi connectivity index (χ3n) is 2.53. The van der Waals surface area contributed by atoms with E-state index in [0.29, 0.717) is 18.0 Å². The van der Waals surface area contributed by atoms with E-state index in [1.54, 1.807) is 24.3 Å². The van der Waals surface area contributed by atoms with E-state index < -0.39 is 11.7 Å². The third kappa shape index (κ3) is 3.23. The van der Waals surface area contributed by atoms with Gasteiger partial charge < -0.3 is 15.8 Å². The monoisotopic (exact) mass is 275 g/mol. The number of amides is 1. The summed E-state index contributed by atoms with van der Waals surface area (Å²) in [5.74, 6) is -0.531. The van der Waals surface area contributed by atoms with Crippen LogP contribution >= 0.6 is 0 Å². The Morgan fingerprint density at radius 3 is 3.00 bits per heavy atom. The van der Waals surface area contributed by atoms with Gasteiger partial charge in [0.25, 0.3) is 5.91 Å². The summed E-state index contributed by atoms with van der Waals surface area (Å²) >= 11 is 0. The molecule has 1 aromatic carbocycles. The minimum Gasteiger partial charge on any atom is -0.494 e. The van der Waals surface area contributed by atoms with Crippen LogP contribution in [0, 0.1) is 5.82 Å². The predicted molar refractivity (Wildman–Crippen MR) is 74.2 cm³/mol. The molecule has 0 aliphatic rings. The molecule has 0 fully saturated rings. The van der Waals surface area contributed by atoms with Gasteiger partial charge in [0, 0.05) is 11.8 Å². The number of hydrogen-bond donors (Lipinski definition) is 2. The van der Waals surface area contributed by atoms with Gasteiger partial charge in [-0.1, -0.05) is 6.07 Å². The van der Waals surface area contributed by atoms with Gasteiger partial charge in [0.1, 0.15) is 17.4 Å². The second-order valence-electron chi connectivity index (χ2n) is 4.00. The van der Waals surface area contributed by atoms with E-state index in [1.807, 2.05) is 6.92 Å². The van der Waals surface area contributed by atoms with E-state index in [4.69, 9.17) is 10.5 Å². The zero-order chi connectivity index (χ0) is 14.5. The van der Waals surface area contributed by atoms with Gasteiger partial charge in [-0.3, -0.25) is 4.79 Å². The number of hydrogen-bond acceptors (Lipinski definition) is 4. The van der Waals surface area contributed by atoms with E-state index in [2.05, 4.69) is 10.3 Å². The largest absolute Gasteiger partial charge is 0.494 e. The van der Waals surface area contributed by atoms with Gasteiger partial charge in [0.05, 0.1) is 18.4 Å². The highest BCUT2D eigenvalue weighted by molar-refractivity contribution is 6.07. The topological polar surface area (TPSA) is 77.2 Å². The van der Waals surface area contributed by atoms with Crippen LogP contribution < -0.4 is 15.8 Å². The van der Waals surface area contributed by atoms with Crippen LogP contribution in [0.3, 0.4) is 0 Å². The summed E-state index contributed by atoms with van der Waals surface area (Å²) in [6.07, 6.45) is 0.960. The number of ether oxygens (including phenoxy) is 1. The van der Waals surface area contributed by atoms with Crippen molar-refractivity contribution in [2.75, 3.05) is 17.7 Å². The third-order valence-corrected chi connectivity index (χ3v) is 2.53. The molecule has 6 heteroatoms. The molecule has 0 unspecified atom stereocenters. The van der Waals surface area contributed by atoms with Crippen LogP contribution in [0.25, 0.3) is 0 Å². The molecule has 2 aromatic rings. The second kappa shape index (κ2) is 6.01. The van der Waals surface area contributed by atoms with Crippen molar-refractivity contribution in [1.82, 2.24) is 4.98 Å². The van der Waals surface area contributed by atoms with E-state index in [9.17, 15) is 9.18 Å². The minimum absolute atomic E-state index is 0.00758. The van der Waals surface area contributed by atoms with Gasteiger partial charge in [-0.15, -0.1) is 0 Å². The maximum atomic E-state index is 13.1. The molecule has 3 N–H and O–H groups in total. The maximum Gasteiger partial charge on any atom is 0.259 e. The van der Waals surface area contributed by atoms with Gasteiger partial charge in [0.2, 0.25) is 0 Å². The minimum atomic E-state index is -0.618. The van der Waals surface area contributed by atoms with Gasteiger partial charge in [0.15, 0.2) is 0 Å². The molecule has 0 saturated carbocycles. The van der Waals surface area contributed by atoms with Crippen LogP contribution in [0.5, 0.6) is 5.75 Å². The van der Waals surface area contributed by atoms with Crippen molar-refractivity contribution in [3.63, 3.8) is 0 Å². The Bertz CT molecular complexity index is 632. The summed E-state index contributed by atoms with van der Waals surface area (Å²) in [5, 5.41) is 2.62. The molecular formula is C14H14FN3O2. The van der Waals surface area contributed by atoms with Crippen molar-refractivity contribution in [2.24, 2.45) is 0 Å². The molecule has 0 aliphatic heterocycles. The van der Waals surface area contributed by atoms with E-state index in [1.165, 1.54) is 0 Å². The van der Waals surface area contributed by atoms with Crippen molar-refractivity contribution in [1.29, 1.82) is 0 Å². The highest BCUT2D eigenvalue weighted by Gasteiger charge is 2.12. The molecule has 20 heavy (non-hydrogen) atoms. The number of carbonyl (C=O) groups excluding carboxylic acids is 1. The van der Waals surface area contributed by atoms with Crippen LogP contribution in [0.15, 0.2) is 36.5 Å². The normalized spacial score (nSPS) is 10.1. The van der Waals surface area contributed by atoms with E-state index in [0.717, 1.165) is 12.3 Å². The van der Waals surface area contributed by atoms with Crippen molar-refractivity contribution in [2.45, 2.75) is 6.92 Å². The quantitative estimate of drug-likeness (QED) is 0.898. The molecule has 0 radical (unpaired) electrons. The molecule has 0 aliphatic carbocycles. The smallest absolute Gasteiger partial charge is 0.259 e. The second-order valence-corrected chi connectivity index (χ2v) is 4.00. The lowest BCUT2D eigenvalue weighted by atomic mass is 10.2. The van der Waals surface area contributed by atoms with E-state index >= 15 is 0 Å². The lowest BCUT2D eigenvalue weighted by Crippen LogP contribution is -2.15. The predicted octanol–water partition coefficient (Wildman–Crippen LogP) is 2.45. The van der Waals surface area contributed by atoms with Crippen LogP contribution in [0.4, 0.5) is 15.9 Å². The SMILES string of the molecule is CCOc1cccc(NC(=O)c2cc(F)cnc2N)c1. The molecule has 0 saturated heterocycles. The van der Waals surface area contributed by atoms with Crippen molar-refractivity contribution < 1.29 is 13.9 Å². The number of aromatic nitrogens is 1. The standard InChI is InChI=1S/C14H14FN3O2/c1-2-20-11-5-3-4-10(7-11)18-14(19)12-6-9(15)8-17-13(12)16/h3-8H,2H2,1H3,(H2,16,17)(H,18,19). The van der Waals surface area contributed by atoms with Crippen LogP contribution in [-0.4, -0.2) is 17.5 Å². The Kier molecular flexibility index (Phi) is 4.14. The van der Waals surface area contributed by atoms with Crippen molar-refractivity contribution >= 4 is 17.4 Å². The van der Waals surface area contributed by atoms with Crippen molar-refractivity contribution in [3.8, 4) is 5.75 Å². The average molecular weight is 275 g/mol. The molecule has 0 spiro atoms. The van der Waals surface area contributed by atoms with Crippen molar-refractivity contribution in [3.05, 3.63) is 47.9 Å². The number of nitrogen functional groups attached to an aromatic ring is 1. The summed E-state index contributed by atoms with van der Waals surface area (Å²) in [6, 6.07) is 7.93. The molecule has 1 amide bonds.